The van der Waals surface area contributed by atoms with E-state index in [1.165, 1.54) is 5.56 Å². The number of ether oxygens (including phenoxy) is 1. The van der Waals surface area contributed by atoms with Crippen LogP contribution in [0.2, 0.25) is 5.02 Å². The molecule has 31 heavy (non-hydrogen) atoms. The number of β-amino-alcohol motifs (C(OH)–C–C–N with tert-alkyl or cyclic N) is 1. The smallest absolute Gasteiger partial charge is 0.303 e. The number of nitrogens with zero attached hydrogens (tertiary/aromatic N) is 1. The number of halogens is 1. The topological polar surface area (TPSA) is 70.0 Å². The highest BCUT2D eigenvalue weighted by atomic mass is 35.5. The summed E-state index contributed by atoms with van der Waals surface area (Å²) in [6, 6.07) is 16.1. The van der Waals surface area contributed by atoms with Gasteiger partial charge in [-0.2, -0.15) is 0 Å². The van der Waals surface area contributed by atoms with Crippen molar-refractivity contribution in [3.8, 4) is 0 Å². The van der Waals surface area contributed by atoms with E-state index in [4.69, 9.17) is 21.4 Å². The van der Waals surface area contributed by atoms with E-state index in [2.05, 4.69) is 11.0 Å². The summed E-state index contributed by atoms with van der Waals surface area (Å²) in [6.45, 7) is 3.76. The van der Waals surface area contributed by atoms with E-state index in [0.717, 1.165) is 42.0 Å². The van der Waals surface area contributed by atoms with E-state index in [1.807, 2.05) is 49.4 Å². The van der Waals surface area contributed by atoms with Crippen molar-refractivity contribution in [2.24, 2.45) is 0 Å². The van der Waals surface area contributed by atoms with Crippen molar-refractivity contribution in [1.82, 2.24) is 4.90 Å². The Labute approximate surface area is 189 Å². The lowest BCUT2D eigenvalue weighted by Crippen LogP contribution is -2.39. The molecule has 0 bridgehead atoms. The zero-order valence-corrected chi connectivity index (χ0v) is 18.8. The first-order valence-corrected chi connectivity index (χ1v) is 11.4. The minimum Gasteiger partial charge on any atom is -0.481 e. The van der Waals surface area contributed by atoms with Gasteiger partial charge >= 0.3 is 5.97 Å². The molecular formula is C25H32ClNO4. The van der Waals surface area contributed by atoms with Crippen molar-refractivity contribution in [3.05, 3.63) is 70.2 Å². The van der Waals surface area contributed by atoms with Crippen LogP contribution in [0, 0.1) is 0 Å². The molecule has 1 saturated heterocycles. The van der Waals surface area contributed by atoms with Crippen LogP contribution >= 0.6 is 11.6 Å². The number of carboxylic acid groups (broad SMARTS) is 1. The van der Waals surface area contributed by atoms with Gasteiger partial charge in [0.05, 0.1) is 18.8 Å². The van der Waals surface area contributed by atoms with E-state index in [1.54, 1.807) is 0 Å². The third kappa shape index (κ3) is 7.32. The largest absolute Gasteiger partial charge is 0.481 e. The van der Waals surface area contributed by atoms with Crippen molar-refractivity contribution in [3.63, 3.8) is 0 Å². The molecule has 2 aromatic rings. The van der Waals surface area contributed by atoms with Crippen LogP contribution in [0.3, 0.4) is 0 Å². The Kier molecular flexibility index (Phi) is 8.90. The average molecular weight is 446 g/mol. The van der Waals surface area contributed by atoms with Gasteiger partial charge in [0.25, 0.3) is 0 Å². The molecule has 0 aromatic heterocycles. The number of aliphatic hydroxyl groups is 1. The predicted molar refractivity (Wildman–Crippen MR) is 123 cm³/mol. The second-order valence-corrected chi connectivity index (χ2v) is 8.78. The van der Waals surface area contributed by atoms with Crippen LogP contribution in [0.25, 0.3) is 0 Å². The number of aryl methyl sites for hydroxylation is 1. The predicted octanol–water partition coefficient (Wildman–Crippen LogP) is 4.50. The molecule has 168 valence electrons. The SMILES string of the molecule is C[C@@H](OC[C@H](O)CN1CCC[C@H]1Cc1cccc(Cl)c1)c1ccccc1CCC(=O)O. The number of carbonyl (C=O) groups is 1. The van der Waals surface area contributed by atoms with Crippen molar-refractivity contribution in [2.75, 3.05) is 19.7 Å². The summed E-state index contributed by atoms with van der Waals surface area (Å²) in [7, 11) is 0. The van der Waals surface area contributed by atoms with Gasteiger partial charge in [-0.15, -0.1) is 0 Å². The molecule has 1 aliphatic heterocycles. The molecule has 1 fully saturated rings. The fraction of sp³-hybridized carbons (Fsp3) is 0.480. The molecule has 0 unspecified atom stereocenters. The summed E-state index contributed by atoms with van der Waals surface area (Å²) in [6.07, 6.45) is 2.96. The van der Waals surface area contributed by atoms with Crippen molar-refractivity contribution < 1.29 is 19.7 Å². The lowest BCUT2D eigenvalue weighted by Gasteiger charge is -2.27. The standard InChI is InChI=1S/C25H32ClNO4/c1-18(24-10-3-2-7-20(24)11-12-25(29)30)31-17-23(28)16-27-13-5-9-22(27)15-19-6-4-8-21(26)14-19/h2-4,6-8,10,14,18,22-23,28H,5,9,11-13,15-17H2,1H3,(H,29,30)/t18-,22+,23-/m1/s1. The van der Waals surface area contributed by atoms with Crippen LogP contribution in [-0.4, -0.2) is 52.9 Å². The maximum atomic E-state index is 10.9. The summed E-state index contributed by atoms with van der Waals surface area (Å²) in [5.74, 6) is -0.809. The maximum absolute atomic E-state index is 10.9. The van der Waals surface area contributed by atoms with Gasteiger partial charge in [-0.3, -0.25) is 9.69 Å². The summed E-state index contributed by atoms with van der Waals surface area (Å²) >= 11 is 6.12. The average Bonchev–Trinajstić information content (AvgIpc) is 3.17. The number of rotatable bonds is 11. The molecule has 0 radical (unpaired) electrons. The number of hydrogen-bond acceptors (Lipinski definition) is 4. The Morgan fingerprint density at radius 1 is 1.26 bits per heavy atom. The van der Waals surface area contributed by atoms with Gasteiger partial charge in [-0.1, -0.05) is 48.0 Å². The summed E-state index contributed by atoms with van der Waals surface area (Å²) < 4.78 is 5.98. The van der Waals surface area contributed by atoms with Crippen molar-refractivity contribution >= 4 is 17.6 Å². The molecular weight excluding hydrogens is 414 g/mol. The van der Waals surface area contributed by atoms with Gasteiger partial charge < -0.3 is 14.9 Å². The Bertz CT molecular complexity index is 859. The minimum atomic E-state index is -0.809. The van der Waals surface area contributed by atoms with Crippen molar-refractivity contribution in [1.29, 1.82) is 0 Å². The second kappa shape index (κ2) is 11.6. The fourth-order valence-corrected chi connectivity index (χ4v) is 4.58. The van der Waals surface area contributed by atoms with Gasteiger partial charge in [-0.25, -0.2) is 0 Å². The molecule has 6 heteroatoms. The van der Waals surface area contributed by atoms with Gasteiger partial charge in [-0.05, 0) is 68.0 Å². The third-order valence-corrected chi connectivity index (χ3v) is 6.18. The molecule has 3 atom stereocenters. The van der Waals surface area contributed by atoms with E-state index < -0.39 is 12.1 Å². The Morgan fingerprint density at radius 3 is 2.84 bits per heavy atom. The number of likely N-dealkylation sites (tertiary alicyclic amines) is 1. The number of carboxylic acids is 1. The van der Waals surface area contributed by atoms with Crippen LogP contribution in [0.5, 0.6) is 0 Å². The monoisotopic (exact) mass is 445 g/mol. The zero-order chi connectivity index (χ0) is 22.2. The minimum absolute atomic E-state index is 0.0926. The Balaban J connectivity index is 1.50. The molecule has 2 aromatic carbocycles. The molecule has 0 amide bonds. The van der Waals surface area contributed by atoms with E-state index in [0.29, 0.717) is 19.0 Å². The van der Waals surface area contributed by atoms with Crippen molar-refractivity contribution in [2.45, 2.75) is 57.3 Å². The number of aliphatic carboxylic acids is 1. The number of aliphatic hydroxyl groups excluding tert-OH is 1. The lowest BCUT2D eigenvalue weighted by atomic mass is 9.99. The molecule has 1 aliphatic rings. The highest BCUT2D eigenvalue weighted by molar-refractivity contribution is 6.30. The molecule has 5 nitrogen and oxygen atoms in total. The highest BCUT2D eigenvalue weighted by Crippen LogP contribution is 2.25. The Morgan fingerprint density at radius 2 is 2.06 bits per heavy atom. The first kappa shape index (κ1) is 23.7. The number of benzene rings is 2. The molecule has 0 saturated carbocycles. The van der Waals surface area contributed by atoms with E-state index in [-0.39, 0.29) is 19.1 Å². The lowest BCUT2D eigenvalue weighted by molar-refractivity contribution is -0.136. The van der Waals surface area contributed by atoms with E-state index in [9.17, 15) is 9.90 Å². The van der Waals surface area contributed by atoms with E-state index >= 15 is 0 Å². The van der Waals surface area contributed by atoms with Crippen LogP contribution in [0.1, 0.15) is 49.0 Å². The van der Waals surface area contributed by atoms with Gasteiger partial charge in [0.15, 0.2) is 0 Å². The molecule has 0 aliphatic carbocycles. The van der Waals surface area contributed by atoms with Crippen LogP contribution < -0.4 is 0 Å². The Hall–Kier alpha value is -1.92. The fourth-order valence-electron chi connectivity index (χ4n) is 4.37. The molecule has 0 spiro atoms. The van der Waals surface area contributed by atoms with Crippen LogP contribution in [-0.2, 0) is 22.4 Å². The zero-order valence-electron chi connectivity index (χ0n) is 18.0. The second-order valence-electron chi connectivity index (χ2n) is 8.35. The highest BCUT2D eigenvalue weighted by Gasteiger charge is 2.27. The normalized spacial score (nSPS) is 18.7. The van der Waals surface area contributed by atoms with Gasteiger partial charge in [0.2, 0.25) is 0 Å². The maximum Gasteiger partial charge on any atom is 0.303 e. The molecule has 1 heterocycles. The van der Waals surface area contributed by atoms with Crippen LogP contribution in [0.15, 0.2) is 48.5 Å². The number of hydrogen-bond donors (Lipinski definition) is 2. The van der Waals surface area contributed by atoms with Crippen LogP contribution in [0.4, 0.5) is 0 Å². The van der Waals surface area contributed by atoms with Gasteiger partial charge in [0.1, 0.15) is 0 Å². The molecule has 3 rings (SSSR count). The first-order valence-electron chi connectivity index (χ1n) is 11.0. The summed E-state index contributed by atoms with van der Waals surface area (Å²) in [5.41, 5.74) is 3.19. The molecule has 2 N–H and O–H groups in total. The van der Waals surface area contributed by atoms with Gasteiger partial charge in [0, 0.05) is 24.0 Å². The first-order chi connectivity index (χ1) is 14.9. The summed E-state index contributed by atoms with van der Waals surface area (Å²) in [4.78, 5) is 13.3. The quantitative estimate of drug-likeness (QED) is 0.532. The third-order valence-electron chi connectivity index (χ3n) is 5.94. The summed E-state index contributed by atoms with van der Waals surface area (Å²) in [5, 5.41) is 20.3.